The number of carbonyl (C=O) groups is 4. The highest BCUT2D eigenvalue weighted by atomic mass is 16.6. The first-order chi connectivity index (χ1) is 23.8. The van der Waals surface area contributed by atoms with Crippen LogP contribution < -0.4 is 21.7 Å². The lowest BCUT2D eigenvalue weighted by Crippen LogP contribution is -2.36. The molecule has 2 rings (SSSR count). The number of anilines is 1. The second-order valence-corrected chi connectivity index (χ2v) is 12.0. The monoisotopic (exact) mass is 714 g/mol. The molecule has 0 bridgehead atoms. The Morgan fingerprint density at radius 3 is 1.88 bits per heavy atom. The molecule has 0 aliphatic heterocycles. The lowest BCUT2D eigenvalue weighted by molar-refractivity contribution is -0.393. The zero-order valence-corrected chi connectivity index (χ0v) is 29.4. The van der Waals surface area contributed by atoms with E-state index in [2.05, 4.69) is 20.7 Å². The Labute approximate surface area is 292 Å². The molecule has 1 aromatic carbocycles. The third-order valence-electron chi connectivity index (χ3n) is 6.66. The summed E-state index contributed by atoms with van der Waals surface area (Å²) in [5.41, 5.74) is 3.80. The Bertz CT molecular complexity index is 1160. The molecular weight excluding hydrogens is 660 g/mol. The van der Waals surface area contributed by atoms with Crippen molar-refractivity contribution in [2.24, 2.45) is 5.73 Å². The molecular formula is C32H54N6O12. The van der Waals surface area contributed by atoms with E-state index in [9.17, 15) is 34.6 Å². The van der Waals surface area contributed by atoms with Gasteiger partial charge in [0.15, 0.2) is 0 Å². The van der Waals surface area contributed by atoms with Crippen LogP contribution in [-0.2, 0) is 33.3 Å². The second kappa shape index (κ2) is 27.4. The molecule has 0 saturated heterocycles. The first kappa shape index (κ1) is 45.6. The quantitative estimate of drug-likeness (QED) is 0.0804. The predicted molar refractivity (Wildman–Crippen MR) is 185 cm³/mol. The SMILES string of the molecule is C=O.CC(C)(C)OC(N)=O.O=C(CCC(=O)NC1CCCCC1)NCCCOCCOCCOCCCNc1ccc([N+](=O)[O-])cc1[N+](=O)[O-]. The van der Waals surface area contributed by atoms with E-state index in [-0.39, 0.29) is 47.8 Å². The second-order valence-electron chi connectivity index (χ2n) is 12.0. The molecule has 1 saturated carbocycles. The van der Waals surface area contributed by atoms with E-state index in [0.717, 1.165) is 31.7 Å². The molecule has 284 valence electrons. The number of ether oxygens (including phenoxy) is 4. The highest BCUT2D eigenvalue weighted by molar-refractivity contribution is 5.83. The maximum Gasteiger partial charge on any atom is 0.405 e. The molecule has 1 fully saturated rings. The van der Waals surface area contributed by atoms with Crippen LogP contribution in [0.5, 0.6) is 0 Å². The minimum Gasteiger partial charge on any atom is -0.444 e. The smallest absolute Gasteiger partial charge is 0.405 e. The van der Waals surface area contributed by atoms with Gasteiger partial charge in [-0.15, -0.1) is 0 Å². The first-order valence-electron chi connectivity index (χ1n) is 16.5. The predicted octanol–water partition coefficient (Wildman–Crippen LogP) is 3.79. The van der Waals surface area contributed by atoms with E-state index in [1.54, 1.807) is 20.8 Å². The number of nitrogens with two attached hydrogens (primary N) is 1. The van der Waals surface area contributed by atoms with Crippen LogP contribution in [0.25, 0.3) is 0 Å². The van der Waals surface area contributed by atoms with Gasteiger partial charge in [0.2, 0.25) is 11.8 Å². The average Bonchev–Trinajstić information content (AvgIpc) is 3.06. The molecule has 0 radical (unpaired) electrons. The number of hydrogen-bond donors (Lipinski definition) is 4. The van der Waals surface area contributed by atoms with Gasteiger partial charge in [0.05, 0.1) is 42.3 Å². The lowest BCUT2D eigenvalue weighted by Gasteiger charge is -2.22. The van der Waals surface area contributed by atoms with Crippen molar-refractivity contribution in [3.8, 4) is 0 Å². The van der Waals surface area contributed by atoms with Crippen molar-refractivity contribution in [3.05, 3.63) is 38.4 Å². The standard InChI is InChI=1S/C26H41N5O9.C5H11NO2.CH2O/c32-25(10-11-26(33)29-21-6-2-1-3-7-21)28-13-5-15-39-17-19-40-18-16-38-14-4-12-27-23-9-8-22(30(34)35)20-24(23)31(36)37;1-5(2,3)8-4(6)7;1-2/h8-9,20-21,27H,1-7,10-19H2,(H,28,32)(H,29,33);1-3H3,(H2,6,7);1H2. The summed E-state index contributed by atoms with van der Waals surface area (Å²) in [5.74, 6) is -0.189. The van der Waals surface area contributed by atoms with E-state index < -0.39 is 21.5 Å². The zero-order valence-electron chi connectivity index (χ0n) is 29.4. The Kier molecular flexibility index (Phi) is 25.0. The number of rotatable bonds is 21. The topological polar surface area (TPSA) is 254 Å². The highest BCUT2D eigenvalue weighted by Gasteiger charge is 2.19. The Balaban J connectivity index is 0.00000210. The summed E-state index contributed by atoms with van der Waals surface area (Å²) in [6, 6.07) is 3.73. The number of nitro groups is 2. The number of non-ortho nitro benzene ring substituents is 1. The van der Waals surface area contributed by atoms with Gasteiger partial charge in [0, 0.05) is 51.3 Å². The summed E-state index contributed by atoms with van der Waals surface area (Å²) in [5, 5.41) is 30.6. The van der Waals surface area contributed by atoms with Crippen molar-refractivity contribution in [2.45, 2.75) is 90.2 Å². The van der Waals surface area contributed by atoms with Gasteiger partial charge in [-0.05, 0) is 52.5 Å². The van der Waals surface area contributed by atoms with Crippen LogP contribution >= 0.6 is 0 Å². The molecule has 0 aromatic heterocycles. The minimum atomic E-state index is -0.725. The fraction of sp³-hybridized carbons (Fsp3) is 0.688. The number of nitrogens with one attached hydrogen (secondary N) is 3. The van der Waals surface area contributed by atoms with Crippen LogP contribution in [0.2, 0.25) is 0 Å². The first-order valence-corrected chi connectivity index (χ1v) is 16.5. The minimum absolute atomic E-state index is 0.0548. The van der Waals surface area contributed by atoms with E-state index >= 15 is 0 Å². The molecule has 18 heteroatoms. The van der Waals surface area contributed by atoms with Gasteiger partial charge in [-0.25, -0.2) is 4.79 Å². The van der Waals surface area contributed by atoms with Gasteiger partial charge in [0.25, 0.3) is 11.4 Å². The summed E-state index contributed by atoms with van der Waals surface area (Å²) in [6.45, 7) is 10.7. The van der Waals surface area contributed by atoms with Crippen molar-refractivity contribution < 1.29 is 48.0 Å². The molecule has 1 aliphatic carbocycles. The van der Waals surface area contributed by atoms with Crippen molar-refractivity contribution in [1.29, 1.82) is 0 Å². The van der Waals surface area contributed by atoms with Crippen LogP contribution in [0, 0.1) is 20.2 Å². The number of nitrogens with zero attached hydrogens (tertiary/aromatic N) is 2. The van der Waals surface area contributed by atoms with Crippen LogP contribution in [0.1, 0.15) is 78.6 Å². The number of hydrogen-bond acceptors (Lipinski definition) is 13. The van der Waals surface area contributed by atoms with Gasteiger partial charge < -0.3 is 45.4 Å². The van der Waals surface area contributed by atoms with Crippen LogP contribution in [0.3, 0.4) is 0 Å². The van der Waals surface area contributed by atoms with Gasteiger partial charge in [-0.2, -0.15) is 0 Å². The highest BCUT2D eigenvalue weighted by Crippen LogP contribution is 2.28. The fourth-order valence-corrected chi connectivity index (χ4v) is 4.44. The lowest BCUT2D eigenvalue weighted by atomic mass is 9.95. The van der Waals surface area contributed by atoms with Crippen molar-refractivity contribution in [3.63, 3.8) is 0 Å². The summed E-state index contributed by atoms with van der Waals surface area (Å²) in [6.07, 6.45) is 6.53. The van der Waals surface area contributed by atoms with Crippen LogP contribution in [-0.4, -0.2) is 98.9 Å². The summed E-state index contributed by atoms with van der Waals surface area (Å²) >= 11 is 0. The largest absolute Gasteiger partial charge is 0.444 e. The molecule has 50 heavy (non-hydrogen) atoms. The number of amides is 3. The van der Waals surface area contributed by atoms with E-state index in [1.165, 1.54) is 18.6 Å². The molecule has 1 aliphatic rings. The van der Waals surface area contributed by atoms with E-state index in [0.29, 0.717) is 65.6 Å². The maximum absolute atomic E-state index is 12.0. The van der Waals surface area contributed by atoms with Gasteiger partial charge in [0.1, 0.15) is 18.1 Å². The summed E-state index contributed by atoms with van der Waals surface area (Å²) in [4.78, 5) is 62.4. The van der Waals surface area contributed by atoms with Crippen molar-refractivity contribution in [1.82, 2.24) is 10.6 Å². The molecule has 0 atom stereocenters. The Morgan fingerprint density at radius 1 is 0.840 bits per heavy atom. The molecule has 3 amide bonds. The summed E-state index contributed by atoms with van der Waals surface area (Å²) < 4.78 is 20.9. The van der Waals surface area contributed by atoms with E-state index in [4.69, 9.17) is 24.7 Å². The third kappa shape index (κ3) is 24.7. The molecule has 0 heterocycles. The molecule has 5 N–H and O–H groups in total. The summed E-state index contributed by atoms with van der Waals surface area (Å²) in [7, 11) is 0. The Morgan fingerprint density at radius 2 is 1.38 bits per heavy atom. The Hall–Kier alpha value is -4.42. The van der Waals surface area contributed by atoms with Gasteiger partial charge in [-0.1, -0.05) is 19.3 Å². The maximum atomic E-state index is 12.0. The van der Waals surface area contributed by atoms with Crippen LogP contribution in [0.4, 0.5) is 21.9 Å². The van der Waals surface area contributed by atoms with Crippen molar-refractivity contribution in [2.75, 3.05) is 58.0 Å². The number of primary amides is 1. The zero-order chi connectivity index (χ0) is 37.8. The van der Waals surface area contributed by atoms with Gasteiger partial charge >= 0.3 is 6.09 Å². The van der Waals surface area contributed by atoms with Crippen molar-refractivity contribution >= 4 is 41.8 Å². The normalized spacial score (nSPS) is 12.6. The third-order valence-corrected chi connectivity index (χ3v) is 6.66. The van der Waals surface area contributed by atoms with E-state index in [1.807, 2.05) is 6.79 Å². The molecule has 1 aromatic rings. The average molecular weight is 715 g/mol. The number of carbonyl (C=O) groups excluding carboxylic acids is 4. The fourth-order valence-electron chi connectivity index (χ4n) is 4.44. The van der Waals surface area contributed by atoms with Gasteiger partial charge in [-0.3, -0.25) is 29.8 Å². The number of benzene rings is 1. The molecule has 0 spiro atoms. The number of nitro benzene ring substituents is 2. The van der Waals surface area contributed by atoms with Crippen LogP contribution in [0.15, 0.2) is 18.2 Å². The molecule has 18 nitrogen and oxygen atoms in total. The molecule has 0 unspecified atom stereocenters.